The Hall–Kier alpha value is -1.17. The van der Waals surface area contributed by atoms with Gasteiger partial charge in [0.1, 0.15) is 12.7 Å². The molecule has 0 aromatic carbocycles. The Balaban J connectivity index is 0.000000980. The van der Waals surface area contributed by atoms with Gasteiger partial charge < -0.3 is 22.3 Å². The number of nitrogens with zero attached hydrogens (tertiary/aromatic N) is 2. The number of halogens is 1. The predicted molar refractivity (Wildman–Crippen MR) is 43.2 cm³/mol. The van der Waals surface area contributed by atoms with Crippen molar-refractivity contribution in [1.29, 1.82) is 0 Å². The van der Waals surface area contributed by atoms with Crippen molar-refractivity contribution in [3.63, 3.8) is 0 Å². The van der Waals surface area contributed by atoms with E-state index in [1.54, 1.807) is 10.9 Å². The molecule has 0 atom stereocenters. The summed E-state index contributed by atoms with van der Waals surface area (Å²) in [5, 5.41) is 2.72. The molecule has 0 spiro atoms. The first kappa shape index (κ1) is 10.9. The summed E-state index contributed by atoms with van der Waals surface area (Å²) in [6.07, 6.45) is 5.09. The van der Waals surface area contributed by atoms with Crippen LogP contribution in [0.5, 0.6) is 0 Å². The molecule has 5 nitrogen and oxygen atoms in total. The van der Waals surface area contributed by atoms with Crippen LogP contribution in [0, 0.1) is 0 Å². The zero-order chi connectivity index (χ0) is 9.26. The molecule has 14 heavy (non-hydrogen) atoms. The van der Waals surface area contributed by atoms with Gasteiger partial charge in [-0.1, -0.05) is 0 Å². The van der Waals surface area contributed by atoms with Gasteiger partial charge in [0.15, 0.2) is 12.0 Å². The number of hydrogen-bond donors (Lipinski definition) is 1. The minimum absolute atomic E-state index is 0. The second-order valence-corrected chi connectivity index (χ2v) is 2.95. The minimum atomic E-state index is -0.120. The summed E-state index contributed by atoms with van der Waals surface area (Å²) in [6, 6.07) is -0.120. The molecule has 2 heterocycles. The van der Waals surface area contributed by atoms with Crippen LogP contribution in [0.3, 0.4) is 0 Å². The third-order valence-corrected chi connectivity index (χ3v) is 2.05. The minimum Gasteiger partial charge on any atom is -1.00 e. The maximum Gasteiger partial charge on any atom is 0.413 e. The largest absolute Gasteiger partial charge is 1.00 e. The van der Waals surface area contributed by atoms with Gasteiger partial charge in [-0.05, 0) is 0 Å². The van der Waals surface area contributed by atoms with Crippen LogP contribution in [0.2, 0.25) is 0 Å². The van der Waals surface area contributed by atoms with E-state index in [2.05, 4.69) is 5.32 Å². The number of aromatic nitrogens is 2. The van der Waals surface area contributed by atoms with Crippen LogP contribution in [-0.4, -0.2) is 23.4 Å². The van der Waals surface area contributed by atoms with Gasteiger partial charge in [0.2, 0.25) is 0 Å². The van der Waals surface area contributed by atoms with Crippen molar-refractivity contribution in [2.45, 2.75) is 13.0 Å². The normalized spacial score (nSPS) is 13.9. The number of carbonyl (C=O) groups excluding carboxylic acids is 2. The number of rotatable bonds is 2. The second-order valence-electron chi connectivity index (χ2n) is 2.95. The van der Waals surface area contributed by atoms with Gasteiger partial charge in [-0.3, -0.25) is 4.79 Å². The lowest BCUT2D eigenvalue weighted by molar-refractivity contribution is -0.682. The molecule has 0 fully saturated rings. The standard InChI is InChI=1S/C8H9N3O2.BrH/c12-4-3-10-5-7-1-2-9-8(13)11(7)6-10;/h4-6H,1-3H2;1H. The van der Waals surface area contributed by atoms with E-state index in [0.29, 0.717) is 13.1 Å². The highest BCUT2D eigenvalue weighted by atomic mass is 79.9. The molecule has 0 saturated heterocycles. The molecule has 0 aliphatic carbocycles. The Kier molecular flexibility index (Phi) is 3.40. The third-order valence-electron chi connectivity index (χ3n) is 2.05. The molecule has 1 aliphatic rings. The van der Waals surface area contributed by atoms with Crippen molar-refractivity contribution < 1.29 is 31.1 Å². The monoisotopic (exact) mass is 259 g/mol. The van der Waals surface area contributed by atoms with E-state index in [0.717, 1.165) is 18.4 Å². The zero-order valence-corrected chi connectivity index (χ0v) is 9.03. The van der Waals surface area contributed by atoms with Crippen LogP contribution in [0.15, 0.2) is 12.5 Å². The Morgan fingerprint density at radius 1 is 1.64 bits per heavy atom. The van der Waals surface area contributed by atoms with E-state index in [4.69, 9.17) is 0 Å². The summed E-state index contributed by atoms with van der Waals surface area (Å²) in [5.41, 5.74) is 0.950. The number of amides is 1. The fourth-order valence-corrected chi connectivity index (χ4v) is 1.45. The fraction of sp³-hybridized carbons (Fsp3) is 0.375. The highest BCUT2D eigenvalue weighted by molar-refractivity contribution is 5.78. The Morgan fingerprint density at radius 3 is 3.07 bits per heavy atom. The van der Waals surface area contributed by atoms with Crippen LogP contribution in [0.1, 0.15) is 5.69 Å². The maximum absolute atomic E-state index is 11.3. The quantitative estimate of drug-likeness (QED) is 0.436. The fourth-order valence-electron chi connectivity index (χ4n) is 1.45. The van der Waals surface area contributed by atoms with E-state index >= 15 is 0 Å². The van der Waals surface area contributed by atoms with Crippen LogP contribution in [0.25, 0.3) is 0 Å². The molecule has 1 aromatic heterocycles. The first-order valence-corrected chi connectivity index (χ1v) is 4.13. The second kappa shape index (κ2) is 4.36. The van der Waals surface area contributed by atoms with Crippen molar-refractivity contribution in [2.75, 3.05) is 6.54 Å². The summed E-state index contributed by atoms with van der Waals surface area (Å²) < 4.78 is 3.24. The topological polar surface area (TPSA) is 55.0 Å². The van der Waals surface area contributed by atoms with E-state index < -0.39 is 0 Å². The lowest BCUT2D eigenvalue weighted by Crippen LogP contribution is -3.00. The maximum atomic E-state index is 11.3. The van der Waals surface area contributed by atoms with Gasteiger partial charge in [-0.25, -0.2) is 9.36 Å². The summed E-state index contributed by atoms with van der Waals surface area (Å²) in [4.78, 5) is 21.5. The van der Waals surface area contributed by atoms with Crippen LogP contribution < -0.4 is 26.9 Å². The number of carbonyl (C=O) groups is 2. The van der Waals surface area contributed by atoms with Crippen LogP contribution in [-0.2, 0) is 17.8 Å². The molecule has 0 saturated carbocycles. The van der Waals surface area contributed by atoms with E-state index in [-0.39, 0.29) is 23.0 Å². The molecule has 6 heteroatoms. The number of nitrogens with one attached hydrogen (secondary N) is 1. The third kappa shape index (κ3) is 1.84. The van der Waals surface area contributed by atoms with Crippen molar-refractivity contribution >= 4 is 12.3 Å². The van der Waals surface area contributed by atoms with E-state index in [1.807, 2.05) is 6.20 Å². The molecule has 1 aliphatic heterocycles. The summed E-state index contributed by atoms with van der Waals surface area (Å²) in [7, 11) is 0. The van der Waals surface area contributed by atoms with E-state index in [9.17, 15) is 9.59 Å². The average Bonchev–Trinajstić information content (AvgIpc) is 2.49. The van der Waals surface area contributed by atoms with Crippen molar-refractivity contribution in [2.24, 2.45) is 0 Å². The predicted octanol–water partition coefficient (Wildman–Crippen LogP) is -3.91. The highest BCUT2D eigenvalue weighted by Gasteiger charge is 2.23. The molecule has 1 amide bonds. The molecule has 1 aromatic rings. The molecular weight excluding hydrogens is 250 g/mol. The number of hydrogen-bond acceptors (Lipinski definition) is 2. The molecule has 0 unspecified atom stereocenters. The van der Waals surface area contributed by atoms with Crippen molar-refractivity contribution in [3.8, 4) is 0 Å². The Labute approximate surface area is 91.5 Å². The lowest BCUT2D eigenvalue weighted by Gasteiger charge is -2.07. The summed E-state index contributed by atoms with van der Waals surface area (Å²) >= 11 is 0. The molecule has 76 valence electrons. The van der Waals surface area contributed by atoms with Crippen LogP contribution >= 0.6 is 0 Å². The Morgan fingerprint density at radius 2 is 2.43 bits per heavy atom. The van der Waals surface area contributed by atoms with Crippen molar-refractivity contribution in [1.82, 2.24) is 9.88 Å². The van der Waals surface area contributed by atoms with Gasteiger partial charge in [-0.2, -0.15) is 0 Å². The van der Waals surface area contributed by atoms with Gasteiger partial charge in [0.25, 0.3) is 6.33 Å². The number of imidazole rings is 1. The summed E-state index contributed by atoms with van der Waals surface area (Å²) in [5.74, 6) is 0. The van der Waals surface area contributed by atoms with E-state index in [1.165, 1.54) is 4.57 Å². The zero-order valence-electron chi connectivity index (χ0n) is 7.44. The first-order chi connectivity index (χ1) is 6.31. The number of fused-ring (bicyclic) bond motifs is 1. The van der Waals surface area contributed by atoms with Gasteiger partial charge in [0.05, 0.1) is 0 Å². The summed E-state index contributed by atoms with van der Waals surface area (Å²) in [6.45, 7) is 0.969. The van der Waals surface area contributed by atoms with Gasteiger partial charge in [0, 0.05) is 13.0 Å². The first-order valence-electron chi connectivity index (χ1n) is 4.13. The SMILES string of the molecule is O=CC[n+]1cc2n(c1)C(=O)NCC2.[Br-]. The van der Waals surface area contributed by atoms with Crippen LogP contribution in [0.4, 0.5) is 4.79 Å². The number of aldehydes is 1. The van der Waals surface area contributed by atoms with Crippen molar-refractivity contribution in [3.05, 3.63) is 18.2 Å². The Bertz CT molecular complexity index is 361. The molecule has 2 rings (SSSR count). The highest BCUT2D eigenvalue weighted by Crippen LogP contribution is 2.02. The average molecular weight is 260 g/mol. The molecular formula is C8H10BrN3O2. The molecule has 0 bridgehead atoms. The molecule has 1 N–H and O–H groups in total. The lowest BCUT2D eigenvalue weighted by atomic mass is 10.3. The molecule has 0 radical (unpaired) electrons. The van der Waals surface area contributed by atoms with Gasteiger partial charge in [-0.15, -0.1) is 4.57 Å². The van der Waals surface area contributed by atoms with Gasteiger partial charge >= 0.3 is 6.03 Å². The smallest absolute Gasteiger partial charge is 0.413 e.